The van der Waals surface area contributed by atoms with Gasteiger partial charge in [0.25, 0.3) is 0 Å². The van der Waals surface area contributed by atoms with E-state index in [4.69, 9.17) is 0 Å². The van der Waals surface area contributed by atoms with Crippen molar-refractivity contribution >= 4 is 23.5 Å². The summed E-state index contributed by atoms with van der Waals surface area (Å²) in [6.07, 6.45) is 0. The molecule has 0 bridgehead atoms. The monoisotopic (exact) mass is 179 g/mol. The summed E-state index contributed by atoms with van der Waals surface area (Å²) in [5, 5.41) is 10.2. The lowest BCUT2D eigenvalue weighted by Crippen LogP contribution is -1.72. The van der Waals surface area contributed by atoms with E-state index in [1.807, 2.05) is 12.1 Å². The predicted molar refractivity (Wildman–Crippen MR) is 52.7 cm³/mol. The Bertz CT molecular complexity index is 408. The van der Waals surface area contributed by atoms with Gasteiger partial charge in [-0.25, -0.2) is 0 Å². The molecule has 0 radical (unpaired) electrons. The number of H-pyrrole nitrogens is 1. The number of rotatable bonds is 1. The van der Waals surface area contributed by atoms with Crippen molar-refractivity contribution in [1.29, 1.82) is 0 Å². The quantitative estimate of drug-likeness (QED) is 0.577. The Kier molecular flexibility index (Phi) is 1.73. The highest BCUT2D eigenvalue weighted by Crippen LogP contribution is 2.20. The number of thiol groups is 1. The molecule has 2 rings (SSSR count). The number of hydrogen-bond acceptors (Lipinski definition) is 2. The minimum Gasteiger partial charge on any atom is -0.508 e. The van der Waals surface area contributed by atoms with E-state index < -0.39 is 0 Å². The van der Waals surface area contributed by atoms with Crippen LogP contribution in [-0.2, 0) is 5.75 Å². The Morgan fingerprint density at radius 1 is 1.33 bits per heavy atom. The van der Waals surface area contributed by atoms with Gasteiger partial charge in [0.15, 0.2) is 0 Å². The number of nitrogens with one attached hydrogen (secondary N) is 1. The standard InChI is InChI=1S/C9H9NOS/c11-8-1-2-9-6(4-8)3-7(5-12)10-9/h1-4,10-12H,5H2. The molecule has 2 N–H and O–H groups in total. The van der Waals surface area contributed by atoms with E-state index in [0.29, 0.717) is 11.5 Å². The van der Waals surface area contributed by atoms with Gasteiger partial charge in [0.05, 0.1) is 0 Å². The average molecular weight is 179 g/mol. The smallest absolute Gasteiger partial charge is 0.116 e. The van der Waals surface area contributed by atoms with Crippen LogP contribution in [0.4, 0.5) is 0 Å². The van der Waals surface area contributed by atoms with Crippen LogP contribution in [0, 0.1) is 0 Å². The second-order valence-corrected chi connectivity index (χ2v) is 3.04. The maximum absolute atomic E-state index is 9.18. The van der Waals surface area contributed by atoms with E-state index in [9.17, 15) is 5.11 Å². The number of phenols is 1. The lowest BCUT2D eigenvalue weighted by molar-refractivity contribution is 0.476. The first-order valence-corrected chi connectivity index (χ1v) is 4.34. The molecule has 0 fully saturated rings. The van der Waals surface area contributed by atoms with Gasteiger partial charge in [-0.05, 0) is 24.3 Å². The molecule has 2 aromatic rings. The van der Waals surface area contributed by atoms with Gasteiger partial charge in [0, 0.05) is 22.3 Å². The van der Waals surface area contributed by atoms with E-state index in [0.717, 1.165) is 16.6 Å². The van der Waals surface area contributed by atoms with Crippen LogP contribution in [0.1, 0.15) is 5.69 Å². The Balaban J connectivity index is 2.67. The van der Waals surface area contributed by atoms with E-state index >= 15 is 0 Å². The fourth-order valence-electron chi connectivity index (χ4n) is 1.27. The summed E-state index contributed by atoms with van der Waals surface area (Å²) >= 11 is 4.15. The third-order valence-corrected chi connectivity index (χ3v) is 2.17. The largest absolute Gasteiger partial charge is 0.508 e. The summed E-state index contributed by atoms with van der Waals surface area (Å²) in [6, 6.07) is 7.25. The lowest BCUT2D eigenvalue weighted by atomic mass is 10.2. The molecule has 1 aromatic carbocycles. The Labute approximate surface area is 75.6 Å². The van der Waals surface area contributed by atoms with Crippen LogP contribution < -0.4 is 0 Å². The molecule has 0 saturated heterocycles. The van der Waals surface area contributed by atoms with Crippen molar-refractivity contribution in [3.63, 3.8) is 0 Å². The fraction of sp³-hybridized carbons (Fsp3) is 0.111. The molecule has 0 spiro atoms. The molecule has 0 aliphatic heterocycles. The van der Waals surface area contributed by atoms with Gasteiger partial charge in [-0.1, -0.05) is 0 Å². The molecule has 12 heavy (non-hydrogen) atoms. The number of aromatic nitrogens is 1. The summed E-state index contributed by atoms with van der Waals surface area (Å²) in [6.45, 7) is 0. The molecule has 0 saturated carbocycles. The fourth-order valence-corrected chi connectivity index (χ4v) is 1.44. The summed E-state index contributed by atoms with van der Waals surface area (Å²) in [7, 11) is 0. The molecule has 62 valence electrons. The van der Waals surface area contributed by atoms with Gasteiger partial charge in [0.1, 0.15) is 5.75 Å². The van der Waals surface area contributed by atoms with Crippen LogP contribution in [0.2, 0.25) is 0 Å². The van der Waals surface area contributed by atoms with E-state index in [2.05, 4.69) is 17.6 Å². The van der Waals surface area contributed by atoms with E-state index in [1.54, 1.807) is 12.1 Å². The Morgan fingerprint density at radius 3 is 2.92 bits per heavy atom. The first kappa shape index (κ1) is 7.55. The first-order valence-electron chi connectivity index (χ1n) is 3.71. The Morgan fingerprint density at radius 2 is 2.17 bits per heavy atom. The molecule has 0 aliphatic carbocycles. The molecule has 1 heterocycles. The molecular formula is C9H9NOS. The van der Waals surface area contributed by atoms with Crippen LogP contribution >= 0.6 is 12.6 Å². The lowest BCUT2D eigenvalue weighted by Gasteiger charge is -1.89. The molecule has 0 atom stereocenters. The van der Waals surface area contributed by atoms with Crippen molar-refractivity contribution in [1.82, 2.24) is 4.98 Å². The van der Waals surface area contributed by atoms with Gasteiger partial charge in [-0.3, -0.25) is 0 Å². The number of aromatic hydroxyl groups is 1. The van der Waals surface area contributed by atoms with Gasteiger partial charge < -0.3 is 10.1 Å². The van der Waals surface area contributed by atoms with Crippen LogP contribution in [0.15, 0.2) is 24.3 Å². The highest BCUT2D eigenvalue weighted by atomic mass is 32.1. The summed E-state index contributed by atoms with van der Waals surface area (Å²) in [5.74, 6) is 0.988. The second-order valence-electron chi connectivity index (χ2n) is 2.72. The maximum atomic E-state index is 9.18. The first-order chi connectivity index (χ1) is 5.79. The maximum Gasteiger partial charge on any atom is 0.116 e. The SMILES string of the molecule is Oc1ccc2[nH]c(CS)cc2c1. The third-order valence-electron chi connectivity index (χ3n) is 1.83. The van der Waals surface area contributed by atoms with E-state index in [1.165, 1.54) is 0 Å². The van der Waals surface area contributed by atoms with Crippen molar-refractivity contribution in [2.45, 2.75) is 5.75 Å². The zero-order chi connectivity index (χ0) is 8.55. The normalized spacial score (nSPS) is 10.8. The zero-order valence-corrected chi connectivity index (χ0v) is 7.31. The third kappa shape index (κ3) is 1.16. The molecule has 1 aromatic heterocycles. The van der Waals surface area contributed by atoms with Crippen LogP contribution in [0.5, 0.6) is 5.75 Å². The number of hydrogen-bond donors (Lipinski definition) is 3. The number of benzene rings is 1. The predicted octanol–water partition coefficient (Wildman–Crippen LogP) is 2.30. The summed E-state index contributed by atoms with van der Waals surface area (Å²) < 4.78 is 0. The van der Waals surface area contributed by atoms with Crippen molar-refractivity contribution in [3.8, 4) is 5.75 Å². The van der Waals surface area contributed by atoms with Gasteiger partial charge >= 0.3 is 0 Å². The number of phenolic OH excluding ortho intramolecular Hbond substituents is 1. The van der Waals surface area contributed by atoms with E-state index in [-0.39, 0.29) is 0 Å². The number of aromatic amines is 1. The molecule has 0 aliphatic rings. The zero-order valence-electron chi connectivity index (χ0n) is 6.41. The minimum atomic E-state index is 0.298. The summed E-state index contributed by atoms with van der Waals surface area (Å²) in [5.41, 5.74) is 2.11. The molecule has 0 unspecified atom stereocenters. The van der Waals surface area contributed by atoms with Crippen molar-refractivity contribution < 1.29 is 5.11 Å². The minimum absolute atomic E-state index is 0.298. The van der Waals surface area contributed by atoms with Crippen molar-refractivity contribution in [3.05, 3.63) is 30.0 Å². The summed E-state index contributed by atoms with van der Waals surface area (Å²) in [4.78, 5) is 3.18. The molecular weight excluding hydrogens is 170 g/mol. The molecule has 3 heteroatoms. The average Bonchev–Trinajstić information content (AvgIpc) is 2.46. The van der Waals surface area contributed by atoms with Gasteiger partial charge in [0.2, 0.25) is 0 Å². The van der Waals surface area contributed by atoms with Crippen LogP contribution in [0.25, 0.3) is 10.9 Å². The van der Waals surface area contributed by atoms with Crippen LogP contribution in [-0.4, -0.2) is 10.1 Å². The topological polar surface area (TPSA) is 36.0 Å². The van der Waals surface area contributed by atoms with Crippen molar-refractivity contribution in [2.24, 2.45) is 0 Å². The molecule has 0 amide bonds. The highest BCUT2D eigenvalue weighted by Gasteiger charge is 1.98. The highest BCUT2D eigenvalue weighted by molar-refractivity contribution is 7.79. The second kappa shape index (κ2) is 2.75. The number of fused-ring (bicyclic) bond motifs is 1. The Hall–Kier alpha value is -1.09. The van der Waals surface area contributed by atoms with Crippen LogP contribution in [0.3, 0.4) is 0 Å². The van der Waals surface area contributed by atoms with Gasteiger partial charge in [-0.2, -0.15) is 12.6 Å². The molecule has 2 nitrogen and oxygen atoms in total. The van der Waals surface area contributed by atoms with Crippen molar-refractivity contribution in [2.75, 3.05) is 0 Å². The van der Waals surface area contributed by atoms with Gasteiger partial charge in [-0.15, -0.1) is 0 Å².